The fourth-order valence-electron chi connectivity index (χ4n) is 6.14. The molecule has 61 heavy (non-hydrogen) atoms. The van der Waals surface area contributed by atoms with Crippen LogP contribution in [-0.2, 0) is 32.7 Å². The molecule has 0 aliphatic carbocycles. The van der Waals surface area contributed by atoms with E-state index in [0.717, 1.165) is 32.1 Å². The molecule has 3 N–H and O–H groups in total. The first-order valence-corrected chi connectivity index (χ1v) is 25.4. The standard InChI is InChI=1S/C50H87O10P/c1-3-5-7-9-11-13-15-17-19-21-22-23-24-26-28-30-32-34-36-38-40-42-50(54)60-48(46-59-61(55,56)58-44-47(52)43-51)45-57-49(53)41-39-37-35-33-31-29-27-25-20-18-16-14-12-10-8-6-4-2/h19,21,23-24,27-30,33-36,47-48,51-52H,3-18,20,22,25-26,31-32,37-46H2,1-2H3,(H,55,56)/b21-19+,24-23+,29-27+,30-28+,35-33+,36-34+/t47-,48+/m0/s1. The minimum Gasteiger partial charge on any atom is -0.462 e. The van der Waals surface area contributed by atoms with E-state index in [2.05, 4.69) is 73.1 Å². The van der Waals surface area contributed by atoms with Gasteiger partial charge in [-0.25, -0.2) is 4.57 Å². The van der Waals surface area contributed by atoms with Crippen LogP contribution in [0, 0.1) is 0 Å². The molecular weight excluding hydrogens is 792 g/mol. The van der Waals surface area contributed by atoms with Gasteiger partial charge in [0.05, 0.1) is 19.8 Å². The van der Waals surface area contributed by atoms with Crippen LogP contribution in [0.1, 0.15) is 194 Å². The van der Waals surface area contributed by atoms with Gasteiger partial charge in [0, 0.05) is 12.8 Å². The fraction of sp³-hybridized carbons (Fsp3) is 0.720. The van der Waals surface area contributed by atoms with Crippen LogP contribution in [0.4, 0.5) is 0 Å². The highest BCUT2D eigenvalue weighted by atomic mass is 31.2. The van der Waals surface area contributed by atoms with Gasteiger partial charge in [0.15, 0.2) is 6.10 Å². The fourth-order valence-corrected chi connectivity index (χ4v) is 6.93. The first-order valence-electron chi connectivity index (χ1n) is 23.9. The smallest absolute Gasteiger partial charge is 0.462 e. The average Bonchev–Trinajstić information content (AvgIpc) is 3.25. The van der Waals surface area contributed by atoms with Crippen LogP contribution in [-0.4, -0.2) is 65.7 Å². The zero-order chi connectivity index (χ0) is 44.8. The Labute approximate surface area is 371 Å². The number of esters is 2. The van der Waals surface area contributed by atoms with Gasteiger partial charge in [-0.3, -0.25) is 18.6 Å². The highest BCUT2D eigenvalue weighted by Gasteiger charge is 2.27. The number of hydrogen-bond acceptors (Lipinski definition) is 9. The molecule has 0 radical (unpaired) electrons. The van der Waals surface area contributed by atoms with E-state index in [1.54, 1.807) is 0 Å². The minimum atomic E-state index is -4.65. The van der Waals surface area contributed by atoms with Crippen LogP contribution in [0.3, 0.4) is 0 Å². The lowest BCUT2D eigenvalue weighted by Crippen LogP contribution is -2.29. The highest BCUT2D eigenvalue weighted by Crippen LogP contribution is 2.43. The third kappa shape index (κ3) is 45.3. The Bertz CT molecular complexity index is 1240. The summed E-state index contributed by atoms with van der Waals surface area (Å²) < 4.78 is 32.7. The van der Waals surface area contributed by atoms with E-state index < -0.39 is 51.8 Å². The van der Waals surface area contributed by atoms with Crippen molar-refractivity contribution < 1.29 is 47.8 Å². The van der Waals surface area contributed by atoms with Gasteiger partial charge in [-0.05, 0) is 77.0 Å². The molecular formula is C50H87O10P. The topological polar surface area (TPSA) is 149 Å². The third-order valence-corrected chi connectivity index (χ3v) is 10.8. The van der Waals surface area contributed by atoms with Crippen molar-refractivity contribution in [1.29, 1.82) is 0 Å². The van der Waals surface area contributed by atoms with Gasteiger partial charge in [0.25, 0.3) is 0 Å². The van der Waals surface area contributed by atoms with E-state index in [1.165, 1.54) is 109 Å². The van der Waals surface area contributed by atoms with Crippen LogP contribution in [0.5, 0.6) is 0 Å². The number of carbonyl (C=O) groups is 2. The molecule has 0 aliphatic heterocycles. The van der Waals surface area contributed by atoms with Crippen LogP contribution >= 0.6 is 7.82 Å². The van der Waals surface area contributed by atoms with E-state index in [-0.39, 0.29) is 19.4 Å². The Hall–Kier alpha value is -2.59. The molecule has 0 fully saturated rings. The minimum absolute atomic E-state index is 0.0969. The van der Waals surface area contributed by atoms with Crippen molar-refractivity contribution in [2.75, 3.05) is 26.4 Å². The van der Waals surface area contributed by atoms with Crippen LogP contribution in [0.15, 0.2) is 72.9 Å². The normalized spacial score (nSPS) is 14.4. The van der Waals surface area contributed by atoms with Crippen molar-refractivity contribution in [3.8, 4) is 0 Å². The molecule has 3 atom stereocenters. The maximum absolute atomic E-state index is 12.6. The molecule has 0 aromatic heterocycles. The maximum Gasteiger partial charge on any atom is 0.472 e. The van der Waals surface area contributed by atoms with Crippen LogP contribution < -0.4 is 0 Å². The number of ether oxygens (including phenoxy) is 2. The number of aliphatic hydroxyl groups is 2. The molecule has 352 valence electrons. The van der Waals surface area contributed by atoms with Gasteiger partial charge in [-0.15, -0.1) is 0 Å². The molecule has 0 aromatic rings. The summed E-state index contributed by atoms with van der Waals surface area (Å²) >= 11 is 0. The number of phosphoric ester groups is 1. The number of carbonyl (C=O) groups excluding carboxylic acids is 2. The lowest BCUT2D eigenvalue weighted by atomic mass is 10.1. The van der Waals surface area contributed by atoms with Crippen molar-refractivity contribution in [3.63, 3.8) is 0 Å². The summed E-state index contributed by atoms with van der Waals surface area (Å²) in [5.74, 6) is -1.05. The Morgan fingerprint density at radius 3 is 1.28 bits per heavy atom. The largest absolute Gasteiger partial charge is 0.472 e. The second kappa shape index (κ2) is 45.4. The molecule has 0 aliphatic rings. The number of phosphoric acid groups is 1. The Balaban J connectivity index is 4.41. The Morgan fingerprint density at radius 1 is 0.492 bits per heavy atom. The van der Waals surface area contributed by atoms with Crippen LogP contribution in [0.25, 0.3) is 0 Å². The number of aliphatic hydroxyl groups excluding tert-OH is 2. The quantitative estimate of drug-likeness (QED) is 0.0234. The summed E-state index contributed by atoms with van der Waals surface area (Å²) in [6.45, 7) is 2.27. The van der Waals surface area contributed by atoms with Crippen molar-refractivity contribution in [2.24, 2.45) is 0 Å². The van der Waals surface area contributed by atoms with Crippen molar-refractivity contribution >= 4 is 19.8 Å². The van der Waals surface area contributed by atoms with Crippen molar-refractivity contribution in [1.82, 2.24) is 0 Å². The van der Waals surface area contributed by atoms with E-state index in [0.29, 0.717) is 25.7 Å². The van der Waals surface area contributed by atoms with Gasteiger partial charge in [0.1, 0.15) is 12.7 Å². The molecule has 0 saturated heterocycles. The first kappa shape index (κ1) is 58.4. The predicted octanol–water partition coefficient (Wildman–Crippen LogP) is 13.2. The molecule has 0 saturated carbocycles. The van der Waals surface area contributed by atoms with E-state index in [4.69, 9.17) is 19.1 Å². The lowest BCUT2D eigenvalue weighted by molar-refractivity contribution is -0.161. The van der Waals surface area contributed by atoms with E-state index >= 15 is 0 Å². The molecule has 10 nitrogen and oxygen atoms in total. The Morgan fingerprint density at radius 2 is 0.852 bits per heavy atom. The second-order valence-electron chi connectivity index (χ2n) is 15.8. The molecule has 0 aromatic carbocycles. The van der Waals surface area contributed by atoms with Gasteiger partial charge < -0.3 is 24.6 Å². The van der Waals surface area contributed by atoms with E-state index in [9.17, 15) is 24.2 Å². The van der Waals surface area contributed by atoms with Gasteiger partial charge >= 0.3 is 19.8 Å². The zero-order valence-electron chi connectivity index (χ0n) is 38.4. The molecule has 0 amide bonds. The van der Waals surface area contributed by atoms with Crippen LogP contribution in [0.2, 0.25) is 0 Å². The molecule has 1 unspecified atom stereocenters. The molecule has 0 rings (SSSR count). The monoisotopic (exact) mass is 879 g/mol. The van der Waals surface area contributed by atoms with E-state index in [1.807, 2.05) is 18.2 Å². The SMILES string of the molecule is CCCCCCCCC/C=C/C/C=C/C/C=C/C/C=C/CCCC(=O)O[C@H](COC(=O)CCC/C=C/C/C=C/CCCCCCCCCCC)COP(=O)(O)OC[C@@H](O)CO. The zero-order valence-corrected chi connectivity index (χ0v) is 39.3. The van der Waals surface area contributed by atoms with Gasteiger partial charge in [-0.2, -0.15) is 0 Å². The lowest BCUT2D eigenvalue weighted by Gasteiger charge is -2.20. The third-order valence-electron chi connectivity index (χ3n) is 9.83. The molecule has 11 heteroatoms. The van der Waals surface area contributed by atoms with Gasteiger partial charge in [0.2, 0.25) is 0 Å². The summed E-state index contributed by atoms with van der Waals surface area (Å²) in [4.78, 5) is 35.0. The summed E-state index contributed by atoms with van der Waals surface area (Å²) in [5, 5.41) is 18.4. The number of hydrogen-bond donors (Lipinski definition) is 3. The second-order valence-corrected chi connectivity index (χ2v) is 17.2. The number of allylic oxidation sites excluding steroid dienone is 12. The van der Waals surface area contributed by atoms with Gasteiger partial charge in [-0.1, -0.05) is 177 Å². The molecule has 0 heterocycles. The van der Waals surface area contributed by atoms with Crippen molar-refractivity contribution in [3.05, 3.63) is 72.9 Å². The maximum atomic E-state index is 12.6. The highest BCUT2D eigenvalue weighted by molar-refractivity contribution is 7.47. The summed E-state index contributed by atoms with van der Waals surface area (Å²) in [6, 6.07) is 0. The molecule has 0 bridgehead atoms. The number of rotatable bonds is 44. The number of unbranched alkanes of at least 4 members (excludes halogenated alkanes) is 18. The summed E-state index contributed by atoms with van der Waals surface area (Å²) in [6.07, 6.45) is 53.2. The average molecular weight is 879 g/mol. The predicted molar refractivity (Wildman–Crippen MR) is 251 cm³/mol. The first-order chi connectivity index (χ1) is 29.7. The Kier molecular flexibility index (Phi) is 43.5. The summed E-state index contributed by atoms with van der Waals surface area (Å²) in [7, 11) is -4.65. The summed E-state index contributed by atoms with van der Waals surface area (Å²) in [5.41, 5.74) is 0. The molecule has 0 spiro atoms. The van der Waals surface area contributed by atoms with Crippen molar-refractivity contribution in [2.45, 2.75) is 206 Å².